The molecule has 0 aliphatic heterocycles. The molecule has 1 aromatic heterocycles. The van der Waals surface area contributed by atoms with E-state index >= 15 is 0 Å². The van der Waals surface area contributed by atoms with E-state index in [2.05, 4.69) is 25.9 Å². The van der Waals surface area contributed by atoms with Gasteiger partial charge in [0.25, 0.3) is 0 Å². The Morgan fingerprint density at radius 1 is 1.55 bits per heavy atom. The van der Waals surface area contributed by atoms with E-state index in [1.807, 2.05) is 0 Å². The molecule has 0 radical (unpaired) electrons. The van der Waals surface area contributed by atoms with Gasteiger partial charge in [0.15, 0.2) is 5.78 Å². The Morgan fingerprint density at radius 3 is 2.73 bits per heavy atom. The van der Waals surface area contributed by atoms with E-state index in [-0.39, 0.29) is 22.7 Å². The van der Waals surface area contributed by atoms with Gasteiger partial charge in [-0.15, -0.1) is 0 Å². The van der Waals surface area contributed by atoms with Crippen LogP contribution in [0, 0.1) is 0 Å². The summed E-state index contributed by atoms with van der Waals surface area (Å²) in [5, 5.41) is 8.93. The number of aromatic nitrogens is 2. The summed E-state index contributed by atoms with van der Waals surface area (Å²) >= 11 is 2.99. The van der Waals surface area contributed by atoms with Crippen molar-refractivity contribution >= 4 is 21.7 Å². The second-order valence-electron chi connectivity index (χ2n) is 1.82. The fourth-order valence-corrected chi connectivity index (χ4v) is 0.821. The van der Waals surface area contributed by atoms with E-state index in [9.17, 15) is 4.79 Å². The molecule has 1 aromatic rings. The minimum Gasteiger partial charge on any atom is -0.492 e. The molecule has 1 rings (SSSR count). The van der Waals surface area contributed by atoms with Crippen LogP contribution in [0.1, 0.15) is 10.5 Å². The van der Waals surface area contributed by atoms with Crippen LogP contribution in [0.3, 0.4) is 0 Å². The van der Waals surface area contributed by atoms with Gasteiger partial charge in [-0.3, -0.25) is 4.79 Å². The summed E-state index contributed by atoms with van der Waals surface area (Å²) in [5.41, 5.74) is 0.250. The standard InChI is InChI=1S/C6H5BrN2O2/c7-1-5(10)4-2-9-6(11)3-8-4/h2-3H,1H2,(H,9,11). The van der Waals surface area contributed by atoms with Crippen LogP contribution in [0.2, 0.25) is 0 Å². The molecule has 4 nitrogen and oxygen atoms in total. The number of aromatic hydroxyl groups is 1. The quantitative estimate of drug-likeness (QED) is 0.586. The Kier molecular flexibility index (Phi) is 2.53. The molecule has 0 saturated carbocycles. The third kappa shape index (κ3) is 1.98. The minimum absolute atomic E-state index is 0.155. The van der Waals surface area contributed by atoms with Gasteiger partial charge in [0.1, 0.15) is 5.69 Å². The van der Waals surface area contributed by atoms with E-state index in [0.29, 0.717) is 0 Å². The molecule has 0 aliphatic carbocycles. The smallest absolute Gasteiger partial charge is 0.229 e. The SMILES string of the molecule is O=C(CBr)c1cnc(O)cn1. The maximum absolute atomic E-state index is 10.9. The van der Waals surface area contributed by atoms with E-state index < -0.39 is 0 Å². The molecule has 1 heterocycles. The molecule has 58 valence electrons. The predicted molar refractivity (Wildman–Crippen MR) is 41.8 cm³/mol. The molecular weight excluding hydrogens is 212 g/mol. The molecular formula is C6H5BrN2O2. The summed E-state index contributed by atoms with van der Waals surface area (Å²) in [6.07, 6.45) is 2.37. The average molecular weight is 217 g/mol. The van der Waals surface area contributed by atoms with Crippen molar-refractivity contribution in [2.24, 2.45) is 0 Å². The molecule has 0 saturated heterocycles. The third-order valence-electron chi connectivity index (χ3n) is 1.05. The van der Waals surface area contributed by atoms with E-state index in [4.69, 9.17) is 5.11 Å². The van der Waals surface area contributed by atoms with Crippen LogP contribution in [0.15, 0.2) is 12.4 Å². The highest BCUT2D eigenvalue weighted by molar-refractivity contribution is 9.09. The van der Waals surface area contributed by atoms with Gasteiger partial charge >= 0.3 is 0 Å². The molecule has 0 spiro atoms. The van der Waals surface area contributed by atoms with Crippen molar-refractivity contribution in [1.29, 1.82) is 0 Å². The zero-order valence-corrected chi connectivity index (χ0v) is 7.08. The largest absolute Gasteiger partial charge is 0.492 e. The number of alkyl halides is 1. The highest BCUT2D eigenvalue weighted by Gasteiger charge is 2.04. The van der Waals surface area contributed by atoms with Gasteiger partial charge in [0.2, 0.25) is 5.88 Å². The van der Waals surface area contributed by atoms with Crippen LogP contribution in [0.25, 0.3) is 0 Å². The van der Waals surface area contributed by atoms with Crippen molar-refractivity contribution in [3.8, 4) is 5.88 Å². The first kappa shape index (κ1) is 8.13. The Balaban J connectivity index is 2.90. The normalized spacial score (nSPS) is 9.55. The monoisotopic (exact) mass is 216 g/mol. The first-order valence-electron chi connectivity index (χ1n) is 2.84. The predicted octanol–water partition coefficient (Wildman–Crippen LogP) is 0.760. The van der Waals surface area contributed by atoms with Crippen molar-refractivity contribution < 1.29 is 9.90 Å². The number of halogens is 1. The second kappa shape index (κ2) is 3.43. The minimum atomic E-state index is -0.184. The van der Waals surface area contributed by atoms with E-state index in [0.717, 1.165) is 6.20 Å². The summed E-state index contributed by atoms with van der Waals surface area (Å²) in [7, 11) is 0. The molecule has 0 amide bonds. The highest BCUT2D eigenvalue weighted by Crippen LogP contribution is 2.02. The van der Waals surface area contributed by atoms with Crippen molar-refractivity contribution in [2.45, 2.75) is 0 Å². The van der Waals surface area contributed by atoms with Crippen molar-refractivity contribution in [2.75, 3.05) is 5.33 Å². The average Bonchev–Trinajstić information content (AvgIpc) is 2.05. The van der Waals surface area contributed by atoms with Crippen LogP contribution in [0.4, 0.5) is 0 Å². The van der Waals surface area contributed by atoms with Gasteiger partial charge in [0, 0.05) is 0 Å². The van der Waals surface area contributed by atoms with Gasteiger partial charge in [-0.1, -0.05) is 15.9 Å². The number of carbonyl (C=O) groups excluding carboxylic acids is 1. The van der Waals surface area contributed by atoms with Gasteiger partial charge in [-0.2, -0.15) is 0 Å². The zero-order chi connectivity index (χ0) is 8.27. The lowest BCUT2D eigenvalue weighted by Crippen LogP contribution is -2.02. The Bertz CT molecular complexity index is 260. The molecule has 5 heteroatoms. The molecule has 11 heavy (non-hydrogen) atoms. The fraction of sp³-hybridized carbons (Fsp3) is 0.167. The van der Waals surface area contributed by atoms with Crippen LogP contribution >= 0.6 is 15.9 Å². The maximum atomic E-state index is 10.9. The lowest BCUT2D eigenvalue weighted by molar-refractivity contribution is 0.101. The van der Waals surface area contributed by atoms with Crippen molar-refractivity contribution in [1.82, 2.24) is 9.97 Å². The number of rotatable bonds is 2. The van der Waals surface area contributed by atoms with Crippen LogP contribution in [0.5, 0.6) is 5.88 Å². The van der Waals surface area contributed by atoms with Crippen molar-refractivity contribution in [3.63, 3.8) is 0 Å². The van der Waals surface area contributed by atoms with Gasteiger partial charge in [0.05, 0.1) is 17.7 Å². The lowest BCUT2D eigenvalue weighted by Gasteiger charge is -1.93. The van der Waals surface area contributed by atoms with Crippen LogP contribution in [-0.2, 0) is 0 Å². The fourth-order valence-electron chi connectivity index (χ4n) is 0.534. The summed E-state index contributed by atoms with van der Waals surface area (Å²) in [5.74, 6) is -0.339. The van der Waals surface area contributed by atoms with E-state index in [1.54, 1.807) is 0 Å². The summed E-state index contributed by atoms with van der Waals surface area (Å²) in [4.78, 5) is 18.1. The molecule has 0 aromatic carbocycles. The summed E-state index contributed by atoms with van der Waals surface area (Å²) in [6, 6.07) is 0. The lowest BCUT2D eigenvalue weighted by atomic mass is 10.3. The number of ketones is 1. The molecule has 0 bridgehead atoms. The van der Waals surface area contributed by atoms with E-state index in [1.165, 1.54) is 6.20 Å². The number of carbonyl (C=O) groups is 1. The molecule has 1 N–H and O–H groups in total. The van der Waals surface area contributed by atoms with Gasteiger partial charge in [-0.05, 0) is 0 Å². The Hall–Kier alpha value is -0.970. The second-order valence-corrected chi connectivity index (χ2v) is 2.38. The first-order valence-corrected chi connectivity index (χ1v) is 3.96. The summed E-state index contributed by atoms with van der Waals surface area (Å²) in [6.45, 7) is 0. The molecule has 0 atom stereocenters. The van der Waals surface area contributed by atoms with Crippen LogP contribution in [-0.4, -0.2) is 26.2 Å². The number of nitrogens with zero attached hydrogens (tertiary/aromatic N) is 2. The number of Topliss-reactive ketones (excluding diaryl/α,β-unsaturated/α-hetero) is 1. The maximum Gasteiger partial charge on any atom is 0.229 e. The first-order chi connectivity index (χ1) is 5.24. The molecule has 0 fully saturated rings. The Labute approximate surface area is 71.4 Å². The zero-order valence-electron chi connectivity index (χ0n) is 5.49. The molecule has 0 unspecified atom stereocenters. The Morgan fingerprint density at radius 2 is 2.27 bits per heavy atom. The third-order valence-corrected chi connectivity index (χ3v) is 1.55. The highest BCUT2D eigenvalue weighted by atomic mass is 79.9. The van der Waals surface area contributed by atoms with Gasteiger partial charge < -0.3 is 5.11 Å². The topological polar surface area (TPSA) is 63.1 Å². The van der Waals surface area contributed by atoms with Gasteiger partial charge in [-0.25, -0.2) is 9.97 Å². The molecule has 0 aliphatic rings. The number of hydrogen-bond acceptors (Lipinski definition) is 4. The number of hydrogen-bond donors (Lipinski definition) is 1. The van der Waals surface area contributed by atoms with Crippen LogP contribution < -0.4 is 0 Å². The summed E-state index contributed by atoms with van der Waals surface area (Å²) < 4.78 is 0. The van der Waals surface area contributed by atoms with Crippen molar-refractivity contribution in [3.05, 3.63) is 18.1 Å².